The maximum atomic E-state index is 11.2. The number of amides is 1. The van der Waals surface area contributed by atoms with Gasteiger partial charge in [-0.2, -0.15) is 0 Å². The highest BCUT2D eigenvalue weighted by Gasteiger charge is 2.08. The molecule has 0 bridgehead atoms. The van der Waals surface area contributed by atoms with E-state index in [1.807, 2.05) is 0 Å². The molecule has 1 rings (SSSR count). The molecule has 0 aliphatic carbocycles. The van der Waals surface area contributed by atoms with E-state index in [4.69, 9.17) is 5.73 Å². The third kappa shape index (κ3) is 2.56. The van der Waals surface area contributed by atoms with Crippen molar-refractivity contribution in [2.45, 2.75) is 20.8 Å². The van der Waals surface area contributed by atoms with E-state index in [1.165, 1.54) is 13.8 Å². The van der Waals surface area contributed by atoms with Crippen LogP contribution in [0, 0.1) is 6.92 Å². The van der Waals surface area contributed by atoms with Crippen molar-refractivity contribution < 1.29 is 9.59 Å². The van der Waals surface area contributed by atoms with Gasteiger partial charge < -0.3 is 11.1 Å². The Bertz CT molecular complexity index is 425. The highest BCUT2D eigenvalue weighted by Crippen LogP contribution is 2.23. The van der Waals surface area contributed by atoms with Crippen LogP contribution in [0.5, 0.6) is 0 Å². The number of anilines is 2. The highest BCUT2D eigenvalue weighted by atomic mass is 16.1. The number of hydrogen-bond donors (Lipinski definition) is 2. The lowest BCUT2D eigenvalue weighted by Gasteiger charge is -2.10. The molecule has 0 atom stereocenters. The van der Waals surface area contributed by atoms with Crippen LogP contribution >= 0.6 is 0 Å². The second-order valence-corrected chi connectivity index (χ2v) is 3.48. The lowest BCUT2D eigenvalue weighted by atomic mass is 10.1. The van der Waals surface area contributed by atoms with Crippen molar-refractivity contribution in [1.29, 1.82) is 0 Å². The van der Waals surface area contributed by atoms with Crippen LogP contribution in [-0.4, -0.2) is 11.7 Å². The lowest BCUT2D eigenvalue weighted by molar-refractivity contribution is -0.114. The van der Waals surface area contributed by atoms with Gasteiger partial charge in [0.25, 0.3) is 0 Å². The Kier molecular flexibility index (Phi) is 3.09. The monoisotopic (exact) mass is 206 g/mol. The largest absolute Gasteiger partial charge is 0.398 e. The Morgan fingerprint density at radius 2 is 1.87 bits per heavy atom. The molecule has 4 nitrogen and oxygen atoms in total. The fourth-order valence-electron chi connectivity index (χ4n) is 1.26. The van der Waals surface area contributed by atoms with Crippen LogP contribution in [0.1, 0.15) is 29.8 Å². The van der Waals surface area contributed by atoms with Crippen LogP contribution in [0.15, 0.2) is 12.1 Å². The summed E-state index contributed by atoms with van der Waals surface area (Å²) in [6.07, 6.45) is 0. The molecule has 0 aliphatic rings. The first-order valence-corrected chi connectivity index (χ1v) is 4.60. The first kappa shape index (κ1) is 11.2. The summed E-state index contributed by atoms with van der Waals surface area (Å²) in [6.45, 7) is 4.67. The SMILES string of the molecule is CC(=O)Nc1cc(C(C)=O)cc(N)c1C. The van der Waals surface area contributed by atoms with Crippen molar-refractivity contribution >= 4 is 23.1 Å². The molecular formula is C11H14N2O2. The fraction of sp³-hybridized carbons (Fsp3) is 0.273. The molecule has 0 spiro atoms. The minimum atomic E-state index is -0.182. The van der Waals surface area contributed by atoms with Gasteiger partial charge in [0.05, 0.1) is 0 Å². The Balaban J connectivity index is 3.24. The molecule has 3 N–H and O–H groups in total. The van der Waals surface area contributed by atoms with Gasteiger partial charge >= 0.3 is 0 Å². The molecule has 1 amide bonds. The summed E-state index contributed by atoms with van der Waals surface area (Å²) < 4.78 is 0. The zero-order chi connectivity index (χ0) is 11.6. The summed E-state index contributed by atoms with van der Waals surface area (Å²) in [5.74, 6) is -0.258. The number of benzene rings is 1. The molecular weight excluding hydrogens is 192 g/mol. The van der Waals surface area contributed by atoms with Crippen molar-refractivity contribution in [3.63, 3.8) is 0 Å². The van der Waals surface area contributed by atoms with Crippen LogP contribution < -0.4 is 11.1 Å². The van der Waals surface area contributed by atoms with Gasteiger partial charge in [0.1, 0.15) is 0 Å². The van der Waals surface area contributed by atoms with Gasteiger partial charge in [-0.15, -0.1) is 0 Å². The topological polar surface area (TPSA) is 72.2 Å². The first-order valence-electron chi connectivity index (χ1n) is 4.60. The van der Waals surface area contributed by atoms with E-state index >= 15 is 0 Å². The number of hydrogen-bond acceptors (Lipinski definition) is 3. The van der Waals surface area contributed by atoms with Crippen LogP contribution in [0.4, 0.5) is 11.4 Å². The van der Waals surface area contributed by atoms with E-state index in [9.17, 15) is 9.59 Å². The molecule has 0 fully saturated rings. The van der Waals surface area contributed by atoms with Gasteiger partial charge in [-0.25, -0.2) is 0 Å². The van der Waals surface area contributed by atoms with E-state index in [-0.39, 0.29) is 11.7 Å². The zero-order valence-corrected chi connectivity index (χ0v) is 9.05. The number of nitrogen functional groups attached to an aromatic ring is 1. The Morgan fingerprint density at radius 1 is 1.27 bits per heavy atom. The van der Waals surface area contributed by atoms with Crippen LogP contribution in [-0.2, 0) is 4.79 Å². The van der Waals surface area contributed by atoms with Gasteiger partial charge in [0.15, 0.2) is 5.78 Å². The minimum Gasteiger partial charge on any atom is -0.398 e. The van der Waals surface area contributed by atoms with Crippen LogP contribution in [0.3, 0.4) is 0 Å². The Morgan fingerprint density at radius 3 is 2.33 bits per heavy atom. The van der Waals surface area contributed by atoms with E-state index in [1.54, 1.807) is 19.1 Å². The summed E-state index contributed by atoms with van der Waals surface area (Å²) in [7, 11) is 0. The Labute approximate surface area is 88.5 Å². The molecule has 80 valence electrons. The van der Waals surface area contributed by atoms with Crippen LogP contribution in [0.2, 0.25) is 0 Å². The normalized spacial score (nSPS) is 9.80. The van der Waals surface area contributed by atoms with E-state index in [2.05, 4.69) is 5.32 Å². The van der Waals surface area contributed by atoms with Crippen molar-refractivity contribution in [3.05, 3.63) is 23.3 Å². The van der Waals surface area contributed by atoms with Crippen LogP contribution in [0.25, 0.3) is 0 Å². The molecule has 15 heavy (non-hydrogen) atoms. The average molecular weight is 206 g/mol. The summed E-state index contributed by atoms with van der Waals surface area (Å²) in [4.78, 5) is 22.1. The Hall–Kier alpha value is -1.84. The summed E-state index contributed by atoms with van der Waals surface area (Å²) in [6, 6.07) is 3.25. The van der Waals surface area contributed by atoms with Crippen molar-refractivity contribution in [2.75, 3.05) is 11.1 Å². The summed E-state index contributed by atoms with van der Waals surface area (Å²) in [5.41, 5.74) is 8.10. The first-order chi connectivity index (χ1) is 6.91. The molecule has 0 saturated heterocycles. The van der Waals surface area contributed by atoms with Gasteiger partial charge in [-0.1, -0.05) is 0 Å². The molecule has 0 aromatic heterocycles. The predicted octanol–water partition coefficient (Wildman–Crippen LogP) is 1.74. The van der Waals surface area contributed by atoms with Gasteiger partial charge in [0.2, 0.25) is 5.91 Å². The minimum absolute atomic E-state index is 0.0756. The van der Waals surface area contributed by atoms with Gasteiger partial charge in [-0.3, -0.25) is 9.59 Å². The van der Waals surface area contributed by atoms with E-state index < -0.39 is 0 Å². The summed E-state index contributed by atoms with van der Waals surface area (Å²) in [5, 5.41) is 2.64. The zero-order valence-electron chi connectivity index (χ0n) is 9.05. The number of rotatable bonds is 2. The molecule has 1 aromatic rings. The number of nitrogens with one attached hydrogen (secondary N) is 1. The van der Waals surface area contributed by atoms with Crippen molar-refractivity contribution in [3.8, 4) is 0 Å². The molecule has 0 saturated carbocycles. The number of Topliss-reactive ketones (excluding diaryl/α,β-unsaturated/α-hetero) is 1. The highest BCUT2D eigenvalue weighted by molar-refractivity contribution is 5.98. The van der Waals surface area contributed by atoms with E-state index in [0.29, 0.717) is 16.9 Å². The fourth-order valence-corrected chi connectivity index (χ4v) is 1.26. The third-order valence-corrected chi connectivity index (χ3v) is 2.17. The number of carbonyl (C=O) groups is 2. The maximum Gasteiger partial charge on any atom is 0.221 e. The maximum absolute atomic E-state index is 11.2. The number of nitrogens with two attached hydrogens (primary N) is 1. The average Bonchev–Trinajstić information content (AvgIpc) is 2.11. The number of ketones is 1. The molecule has 0 heterocycles. The standard InChI is InChI=1S/C11H14N2O2/c1-6-10(12)4-9(7(2)14)5-11(6)13-8(3)15/h4-5H,12H2,1-3H3,(H,13,15). The second kappa shape index (κ2) is 4.13. The molecule has 0 unspecified atom stereocenters. The smallest absolute Gasteiger partial charge is 0.221 e. The molecule has 0 radical (unpaired) electrons. The molecule has 0 aliphatic heterocycles. The van der Waals surface area contributed by atoms with Crippen molar-refractivity contribution in [2.24, 2.45) is 0 Å². The van der Waals surface area contributed by atoms with Crippen molar-refractivity contribution in [1.82, 2.24) is 0 Å². The molecule has 4 heteroatoms. The quantitative estimate of drug-likeness (QED) is 0.571. The second-order valence-electron chi connectivity index (χ2n) is 3.48. The third-order valence-electron chi connectivity index (χ3n) is 2.17. The van der Waals surface area contributed by atoms with Gasteiger partial charge in [-0.05, 0) is 31.5 Å². The van der Waals surface area contributed by atoms with Gasteiger partial charge in [0, 0.05) is 23.9 Å². The molecule has 1 aromatic carbocycles. The predicted molar refractivity (Wildman–Crippen MR) is 59.9 cm³/mol. The lowest BCUT2D eigenvalue weighted by Crippen LogP contribution is -2.09. The summed E-state index contributed by atoms with van der Waals surface area (Å²) >= 11 is 0. The van der Waals surface area contributed by atoms with E-state index in [0.717, 1.165) is 5.56 Å². The number of carbonyl (C=O) groups excluding carboxylic acids is 2.